The molecule has 7 nitrogen and oxygen atoms in total. The van der Waals surface area contributed by atoms with Crippen LogP contribution in [0.5, 0.6) is 0 Å². The number of aryl methyl sites for hydroxylation is 1. The number of carbonyl (C=O) groups is 2. The molecule has 0 aromatic heterocycles. The van der Waals surface area contributed by atoms with Crippen molar-refractivity contribution >= 4 is 39.1 Å². The van der Waals surface area contributed by atoms with Crippen molar-refractivity contribution in [3.8, 4) is 0 Å². The van der Waals surface area contributed by atoms with Crippen molar-refractivity contribution in [3.63, 3.8) is 0 Å². The summed E-state index contributed by atoms with van der Waals surface area (Å²) in [6, 6.07) is 21.1. The zero-order valence-electron chi connectivity index (χ0n) is 21.4. The maximum absolute atomic E-state index is 13.8. The summed E-state index contributed by atoms with van der Waals surface area (Å²) in [6.45, 7) is 6.80. The molecule has 2 amide bonds. The van der Waals surface area contributed by atoms with Gasteiger partial charge in [-0.1, -0.05) is 65.7 Å². The van der Waals surface area contributed by atoms with Crippen LogP contribution in [0.2, 0.25) is 5.02 Å². The first-order valence-corrected chi connectivity index (χ1v) is 13.8. The lowest BCUT2D eigenvalue weighted by Gasteiger charge is -2.32. The lowest BCUT2D eigenvalue weighted by atomic mass is 10.1. The van der Waals surface area contributed by atoms with Crippen LogP contribution in [-0.4, -0.2) is 43.8 Å². The first kappa shape index (κ1) is 28.2. The summed E-state index contributed by atoms with van der Waals surface area (Å²) < 4.78 is 28.5. The number of rotatable bonds is 10. The van der Waals surface area contributed by atoms with Gasteiger partial charge in [0.2, 0.25) is 11.8 Å². The molecule has 0 heterocycles. The number of benzene rings is 3. The lowest BCUT2D eigenvalue weighted by Crippen LogP contribution is -2.52. The van der Waals surface area contributed by atoms with Crippen LogP contribution in [0.15, 0.2) is 83.8 Å². The Bertz CT molecular complexity index is 1330. The van der Waals surface area contributed by atoms with Crippen molar-refractivity contribution in [2.24, 2.45) is 0 Å². The minimum absolute atomic E-state index is 0.0473. The smallest absolute Gasteiger partial charge is 0.264 e. The van der Waals surface area contributed by atoms with Crippen molar-refractivity contribution < 1.29 is 18.0 Å². The Morgan fingerprint density at radius 1 is 0.919 bits per heavy atom. The molecule has 0 aliphatic carbocycles. The molecule has 0 fully saturated rings. The summed E-state index contributed by atoms with van der Waals surface area (Å²) in [7, 11) is -4.13. The lowest BCUT2D eigenvalue weighted by molar-refractivity contribution is -0.139. The van der Waals surface area contributed by atoms with Gasteiger partial charge in [0.25, 0.3) is 10.0 Å². The van der Waals surface area contributed by atoms with E-state index in [-0.39, 0.29) is 29.1 Å². The maximum atomic E-state index is 13.8. The molecule has 0 aliphatic heterocycles. The van der Waals surface area contributed by atoms with Crippen LogP contribution in [0.3, 0.4) is 0 Å². The van der Waals surface area contributed by atoms with Crippen LogP contribution in [0.4, 0.5) is 5.69 Å². The molecular weight excluding hydrogens is 510 g/mol. The summed E-state index contributed by atoms with van der Waals surface area (Å²) in [5, 5.41) is 3.17. The number of halogens is 1. The molecule has 0 spiro atoms. The molecule has 1 N–H and O–H groups in total. The number of sulfonamides is 1. The second-order valence-corrected chi connectivity index (χ2v) is 11.4. The summed E-state index contributed by atoms with van der Waals surface area (Å²) in [5.41, 5.74) is 1.97. The van der Waals surface area contributed by atoms with E-state index in [0.29, 0.717) is 5.02 Å². The Balaban J connectivity index is 2.02. The number of hydrogen-bond donors (Lipinski definition) is 1. The van der Waals surface area contributed by atoms with E-state index in [1.165, 1.54) is 23.1 Å². The van der Waals surface area contributed by atoms with E-state index in [9.17, 15) is 18.0 Å². The minimum atomic E-state index is -4.13. The van der Waals surface area contributed by atoms with Gasteiger partial charge >= 0.3 is 0 Å². The number of hydrogen-bond acceptors (Lipinski definition) is 4. The third-order valence-corrected chi connectivity index (χ3v) is 7.80. The van der Waals surface area contributed by atoms with Crippen LogP contribution in [-0.2, 0) is 26.2 Å². The van der Waals surface area contributed by atoms with Crippen LogP contribution in [0, 0.1) is 6.92 Å². The fourth-order valence-corrected chi connectivity index (χ4v) is 5.36. The van der Waals surface area contributed by atoms with Crippen molar-refractivity contribution in [3.05, 3.63) is 95.0 Å². The highest BCUT2D eigenvalue weighted by Gasteiger charge is 2.32. The van der Waals surface area contributed by atoms with Crippen LogP contribution < -0.4 is 9.62 Å². The third kappa shape index (κ3) is 7.33. The molecular formula is C28H32ClN3O4S. The minimum Gasteiger partial charge on any atom is -0.352 e. The molecule has 0 aliphatic rings. The maximum Gasteiger partial charge on any atom is 0.264 e. The molecule has 1 atom stereocenters. The average Bonchev–Trinajstić information content (AvgIpc) is 2.85. The predicted molar refractivity (Wildman–Crippen MR) is 147 cm³/mol. The van der Waals surface area contributed by atoms with Crippen LogP contribution in [0.1, 0.15) is 31.9 Å². The van der Waals surface area contributed by atoms with E-state index in [1.807, 2.05) is 51.1 Å². The number of nitrogens with one attached hydrogen (secondary N) is 1. The Morgan fingerprint density at radius 3 is 2.16 bits per heavy atom. The van der Waals surface area contributed by atoms with E-state index in [1.54, 1.807) is 37.3 Å². The van der Waals surface area contributed by atoms with E-state index in [4.69, 9.17) is 11.6 Å². The fourth-order valence-electron chi connectivity index (χ4n) is 3.77. The monoisotopic (exact) mass is 541 g/mol. The average molecular weight is 542 g/mol. The first-order valence-electron chi connectivity index (χ1n) is 12.0. The molecule has 196 valence electrons. The SMILES string of the molecule is Cc1ccc(S(=O)(=O)N(CC(=O)N(Cc2ccccc2)[C@@H](C)C(=O)NC(C)C)c2cccc(Cl)c2)cc1. The molecule has 37 heavy (non-hydrogen) atoms. The van der Waals surface area contributed by atoms with Crippen LogP contribution in [0.25, 0.3) is 0 Å². The van der Waals surface area contributed by atoms with Gasteiger partial charge in [-0.25, -0.2) is 8.42 Å². The second-order valence-electron chi connectivity index (χ2n) is 9.15. The van der Waals surface area contributed by atoms with Gasteiger partial charge in [-0.2, -0.15) is 0 Å². The van der Waals surface area contributed by atoms with Crippen molar-refractivity contribution in [1.29, 1.82) is 0 Å². The topological polar surface area (TPSA) is 86.8 Å². The normalized spacial score (nSPS) is 12.2. The second kappa shape index (κ2) is 12.3. The van der Waals surface area contributed by atoms with Crippen molar-refractivity contribution in [2.45, 2.75) is 51.2 Å². The van der Waals surface area contributed by atoms with Gasteiger partial charge in [0.05, 0.1) is 10.6 Å². The Kier molecular flexibility index (Phi) is 9.34. The summed E-state index contributed by atoms with van der Waals surface area (Å²) in [5.74, 6) is -0.846. The van der Waals surface area contributed by atoms with Crippen molar-refractivity contribution in [1.82, 2.24) is 10.2 Å². The molecule has 3 aromatic rings. The standard InChI is InChI=1S/C28H32ClN3O4S/c1-20(2)30-28(34)22(4)31(18-23-9-6-5-7-10-23)27(33)19-32(25-12-8-11-24(29)17-25)37(35,36)26-15-13-21(3)14-16-26/h5-17,20,22H,18-19H2,1-4H3,(H,30,34)/t22-/m0/s1. The Hall–Kier alpha value is -3.36. The van der Waals surface area contributed by atoms with Gasteiger partial charge in [0.1, 0.15) is 12.6 Å². The highest BCUT2D eigenvalue weighted by atomic mass is 35.5. The van der Waals surface area contributed by atoms with E-state index >= 15 is 0 Å². The van der Waals surface area contributed by atoms with E-state index in [0.717, 1.165) is 15.4 Å². The summed E-state index contributed by atoms with van der Waals surface area (Å²) in [6.07, 6.45) is 0. The fraction of sp³-hybridized carbons (Fsp3) is 0.286. The summed E-state index contributed by atoms with van der Waals surface area (Å²) >= 11 is 6.18. The van der Waals surface area contributed by atoms with Gasteiger partial charge in [0, 0.05) is 17.6 Å². The van der Waals surface area contributed by atoms with Gasteiger partial charge in [0.15, 0.2) is 0 Å². The van der Waals surface area contributed by atoms with Gasteiger partial charge < -0.3 is 10.2 Å². The van der Waals surface area contributed by atoms with Crippen LogP contribution >= 0.6 is 11.6 Å². The number of anilines is 1. The molecule has 0 bridgehead atoms. The number of nitrogens with zero attached hydrogens (tertiary/aromatic N) is 2. The molecule has 9 heteroatoms. The zero-order valence-corrected chi connectivity index (χ0v) is 23.0. The van der Waals surface area contributed by atoms with Gasteiger partial charge in [-0.05, 0) is 63.6 Å². The van der Waals surface area contributed by atoms with E-state index < -0.39 is 28.5 Å². The molecule has 0 saturated heterocycles. The van der Waals surface area contributed by atoms with Crippen molar-refractivity contribution in [2.75, 3.05) is 10.8 Å². The first-order chi connectivity index (χ1) is 17.5. The van der Waals surface area contributed by atoms with E-state index in [2.05, 4.69) is 5.32 Å². The van der Waals surface area contributed by atoms with Gasteiger partial charge in [-0.3, -0.25) is 13.9 Å². The Morgan fingerprint density at radius 2 is 1.57 bits per heavy atom. The predicted octanol–water partition coefficient (Wildman–Crippen LogP) is 4.79. The summed E-state index contributed by atoms with van der Waals surface area (Å²) in [4.78, 5) is 28.1. The molecule has 0 saturated carbocycles. The quantitative estimate of drug-likeness (QED) is 0.400. The molecule has 0 unspecified atom stereocenters. The molecule has 3 rings (SSSR count). The molecule has 3 aromatic carbocycles. The zero-order chi connectivity index (χ0) is 27.2. The molecule has 0 radical (unpaired) electrons. The van der Waals surface area contributed by atoms with Gasteiger partial charge in [-0.15, -0.1) is 0 Å². The number of amides is 2. The largest absolute Gasteiger partial charge is 0.352 e. The highest BCUT2D eigenvalue weighted by molar-refractivity contribution is 7.92. The third-order valence-electron chi connectivity index (χ3n) is 5.78. The highest BCUT2D eigenvalue weighted by Crippen LogP contribution is 2.27. The Labute approximate surface area is 224 Å². The number of carbonyl (C=O) groups excluding carboxylic acids is 2.